The van der Waals surface area contributed by atoms with Gasteiger partial charge in [-0.05, 0) is 25.1 Å². The summed E-state index contributed by atoms with van der Waals surface area (Å²) in [4.78, 5) is 27.2. The second-order valence-electron chi connectivity index (χ2n) is 6.63. The van der Waals surface area contributed by atoms with Gasteiger partial charge in [0, 0.05) is 25.2 Å². The van der Waals surface area contributed by atoms with Gasteiger partial charge in [0.25, 0.3) is 0 Å². The summed E-state index contributed by atoms with van der Waals surface area (Å²) in [5.41, 5.74) is -0.280. The molecule has 1 amide bonds. The number of ether oxygens (including phenoxy) is 1. The monoisotopic (exact) mass is 386 g/mol. The molecule has 0 fully saturated rings. The predicted octanol–water partition coefficient (Wildman–Crippen LogP) is 3.71. The average Bonchev–Trinajstić information content (AvgIpc) is 2.37. The third kappa shape index (κ3) is 6.27. The van der Waals surface area contributed by atoms with Gasteiger partial charge in [-0.2, -0.15) is 0 Å². The van der Waals surface area contributed by atoms with E-state index in [9.17, 15) is 9.59 Å². The van der Waals surface area contributed by atoms with E-state index in [1.54, 1.807) is 25.3 Å². The van der Waals surface area contributed by atoms with Gasteiger partial charge in [-0.15, -0.1) is 0 Å². The zero-order valence-corrected chi connectivity index (χ0v) is 16.1. The summed E-state index contributed by atoms with van der Waals surface area (Å²) in [5, 5.41) is 2.76. The molecule has 1 aromatic rings. The number of carbonyl (C=O) groups is 2. The molecule has 0 aliphatic rings. The van der Waals surface area contributed by atoms with E-state index in [2.05, 4.69) is 45.9 Å². The largest absolute Gasteiger partial charge is 0.450 e. The van der Waals surface area contributed by atoms with E-state index in [1.807, 2.05) is 0 Å². The Morgan fingerprint density at radius 3 is 2.73 bits per heavy atom. The molecule has 0 unspecified atom stereocenters. The molecule has 1 atom stereocenters. The molecule has 0 aliphatic heterocycles. The van der Waals surface area contributed by atoms with E-state index in [4.69, 9.17) is 4.74 Å². The number of alkyl carbamates (subject to hydrolysis) is 1. The molecule has 1 aromatic heterocycles. The van der Waals surface area contributed by atoms with Gasteiger partial charge in [-0.25, -0.2) is 4.79 Å². The first kappa shape index (κ1) is 18.8. The van der Waals surface area contributed by atoms with Crippen LogP contribution in [0.5, 0.6) is 0 Å². The first-order chi connectivity index (χ1) is 10.2. The summed E-state index contributed by atoms with van der Waals surface area (Å²) >= 11 is 3.37. The summed E-state index contributed by atoms with van der Waals surface area (Å²) in [6.45, 7) is 8.81. The summed E-state index contributed by atoms with van der Waals surface area (Å²) < 4.78 is 6.08. The van der Waals surface area contributed by atoms with Crippen LogP contribution in [0.15, 0.2) is 22.8 Å². The molecule has 0 aromatic carbocycles. The lowest BCUT2D eigenvalue weighted by atomic mass is 9.94. The SMILES string of the molecule is C[C@@](CC=O)(NC(=O)OCC[Si](C)(C)C)c1cc(Br)ccn1. The third-order valence-corrected chi connectivity index (χ3v) is 5.44. The lowest BCUT2D eigenvalue weighted by Gasteiger charge is -2.28. The number of halogens is 1. The fraction of sp³-hybridized carbons (Fsp3) is 0.533. The zero-order valence-electron chi connectivity index (χ0n) is 13.5. The quantitative estimate of drug-likeness (QED) is 0.572. The number of hydrogen-bond acceptors (Lipinski definition) is 4. The van der Waals surface area contributed by atoms with Crippen molar-refractivity contribution >= 4 is 36.4 Å². The van der Waals surface area contributed by atoms with Gasteiger partial charge in [0.15, 0.2) is 0 Å². The molecular weight excluding hydrogens is 364 g/mol. The van der Waals surface area contributed by atoms with Crippen molar-refractivity contribution in [1.82, 2.24) is 10.3 Å². The Morgan fingerprint density at radius 1 is 1.50 bits per heavy atom. The van der Waals surface area contributed by atoms with Gasteiger partial charge >= 0.3 is 6.09 Å². The highest BCUT2D eigenvalue weighted by atomic mass is 79.9. The van der Waals surface area contributed by atoms with Crippen molar-refractivity contribution in [2.24, 2.45) is 0 Å². The van der Waals surface area contributed by atoms with Crippen molar-refractivity contribution in [2.45, 2.75) is 44.6 Å². The zero-order chi connectivity index (χ0) is 16.8. The summed E-state index contributed by atoms with van der Waals surface area (Å²) in [5.74, 6) is 0. The Labute approximate surface area is 141 Å². The van der Waals surface area contributed by atoms with Gasteiger partial charge < -0.3 is 14.8 Å². The van der Waals surface area contributed by atoms with Crippen LogP contribution in [0.3, 0.4) is 0 Å². The van der Waals surface area contributed by atoms with Crippen LogP contribution in [0.4, 0.5) is 4.79 Å². The van der Waals surface area contributed by atoms with E-state index >= 15 is 0 Å². The molecule has 0 aliphatic carbocycles. The lowest BCUT2D eigenvalue weighted by Crippen LogP contribution is -2.45. The van der Waals surface area contributed by atoms with Crippen LogP contribution in [0.2, 0.25) is 25.7 Å². The summed E-state index contributed by atoms with van der Waals surface area (Å²) in [6.07, 6.45) is 2.00. The van der Waals surface area contributed by atoms with E-state index in [0.717, 1.165) is 16.8 Å². The average molecular weight is 387 g/mol. The van der Waals surface area contributed by atoms with Crippen LogP contribution in [-0.2, 0) is 15.1 Å². The smallest absolute Gasteiger partial charge is 0.407 e. The Bertz CT molecular complexity index is 534. The van der Waals surface area contributed by atoms with Crippen molar-refractivity contribution in [1.29, 1.82) is 0 Å². The Morgan fingerprint density at radius 2 is 2.18 bits per heavy atom. The number of aldehydes is 1. The Kier molecular flexibility index (Phi) is 6.74. The maximum Gasteiger partial charge on any atom is 0.407 e. The highest BCUT2D eigenvalue weighted by Crippen LogP contribution is 2.24. The fourth-order valence-corrected chi connectivity index (χ4v) is 2.85. The number of nitrogens with zero attached hydrogens (tertiary/aromatic N) is 1. The van der Waals surface area contributed by atoms with E-state index in [1.165, 1.54) is 0 Å². The van der Waals surface area contributed by atoms with Crippen LogP contribution < -0.4 is 5.32 Å². The molecule has 0 radical (unpaired) electrons. The standard InChI is InChI=1S/C15H23BrN2O3Si/c1-15(6-8-19,13-11-12(16)5-7-17-13)18-14(20)21-9-10-22(2,3)4/h5,7-8,11H,6,9-10H2,1-4H3,(H,18,20)/t15-/m0/s1. The molecule has 22 heavy (non-hydrogen) atoms. The molecule has 7 heteroatoms. The molecule has 1 heterocycles. The van der Waals surface area contributed by atoms with Crippen LogP contribution in [-0.4, -0.2) is 32.0 Å². The molecule has 0 bridgehead atoms. The Balaban J connectivity index is 2.75. The van der Waals surface area contributed by atoms with E-state index in [-0.39, 0.29) is 6.42 Å². The third-order valence-electron chi connectivity index (χ3n) is 3.24. The number of nitrogens with one attached hydrogen (secondary N) is 1. The van der Waals surface area contributed by atoms with Crippen molar-refractivity contribution in [3.05, 3.63) is 28.5 Å². The summed E-state index contributed by atoms with van der Waals surface area (Å²) in [7, 11) is -1.25. The maximum absolute atomic E-state index is 12.0. The second kappa shape index (κ2) is 7.87. The van der Waals surface area contributed by atoms with Gasteiger partial charge in [0.2, 0.25) is 0 Å². The summed E-state index contributed by atoms with van der Waals surface area (Å²) in [6, 6.07) is 4.48. The topological polar surface area (TPSA) is 68.3 Å². The van der Waals surface area contributed by atoms with Crippen LogP contribution in [0, 0.1) is 0 Å². The predicted molar refractivity (Wildman–Crippen MR) is 92.6 cm³/mol. The second-order valence-corrected chi connectivity index (χ2v) is 13.2. The number of carbonyl (C=O) groups excluding carboxylic acids is 2. The molecule has 0 spiro atoms. The molecule has 0 saturated heterocycles. The number of amides is 1. The van der Waals surface area contributed by atoms with Gasteiger partial charge in [0.1, 0.15) is 6.29 Å². The molecule has 1 rings (SSSR count). The van der Waals surface area contributed by atoms with Crippen molar-refractivity contribution < 1.29 is 14.3 Å². The van der Waals surface area contributed by atoms with Crippen LogP contribution in [0.25, 0.3) is 0 Å². The molecular formula is C15H23BrN2O3Si. The van der Waals surface area contributed by atoms with Gasteiger partial charge in [0.05, 0.1) is 17.8 Å². The van der Waals surface area contributed by atoms with E-state index in [0.29, 0.717) is 12.3 Å². The Hall–Kier alpha value is -1.21. The molecule has 122 valence electrons. The van der Waals surface area contributed by atoms with Crippen LogP contribution >= 0.6 is 15.9 Å². The number of hydrogen-bond donors (Lipinski definition) is 1. The fourth-order valence-electron chi connectivity index (χ4n) is 1.80. The van der Waals surface area contributed by atoms with Crippen molar-refractivity contribution in [3.8, 4) is 0 Å². The minimum atomic E-state index is -1.25. The molecule has 5 nitrogen and oxygen atoms in total. The van der Waals surface area contributed by atoms with Gasteiger partial charge in [-0.1, -0.05) is 35.6 Å². The van der Waals surface area contributed by atoms with Crippen molar-refractivity contribution in [2.75, 3.05) is 6.61 Å². The molecule has 0 saturated carbocycles. The lowest BCUT2D eigenvalue weighted by molar-refractivity contribution is -0.109. The number of pyridine rings is 1. The van der Waals surface area contributed by atoms with Crippen molar-refractivity contribution in [3.63, 3.8) is 0 Å². The van der Waals surface area contributed by atoms with Gasteiger partial charge in [-0.3, -0.25) is 4.98 Å². The highest BCUT2D eigenvalue weighted by Gasteiger charge is 2.30. The molecule has 1 N–H and O–H groups in total. The van der Waals surface area contributed by atoms with Crippen LogP contribution in [0.1, 0.15) is 19.0 Å². The highest BCUT2D eigenvalue weighted by molar-refractivity contribution is 9.10. The van der Waals surface area contributed by atoms with E-state index < -0.39 is 19.7 Å². The maximum atomic E-state index is 12.0. The first-order valence-electron chi connectivity index (χ1n) is 7.17. The minimum Gasteiger partial charge on any atom is -0.450 e. The number of rotatable bonds is 7. The normalized spacial score (nSPS) is 14.0. The number of aromatic nitrogens is 1. The first-order valence-corrected chi connectivity index (χ1v) is 11.7. The minimum absolute atomic E-state index is 0.125.